The van der Waals surface area contributed by atoms with Crippen LogP contribution in [0.25, 0.3) is 0 Å². The molecule has 0 aromatic carbocycles. The van der Waals surface area contributed by atoms with Gasteiger partial charge in [-0.1, -0.05) is 27.7 Å². The van der Waals surface area contributed by atoms with Crippen LogP contribution < -0.4 is 11.4 Å². The van der Waals surface area contributed by atoms with Gasteiger partial charge >= 0.3 is 17.6 Å². The molecule has 1 aliphatic rings. The standard InChI is InChI=1S/C19H25ClN4O7/c1-9(2)14(25)29-11(5)12-13(31-15(26)10(3)4)19(28,6-7-20)16(30-12)24-8-22-17(21)23-18(24)27/h8-13,16,28H,1-5H3,(H2,21,23,27)/t11?,12-,13-,16-,19-/m1/s1. The Kier molecular flexibility index (Phi) is 7.64. The van der Waals surface area contributed by atoms with Gasteiger partial charge in [0.2, 0.25) is 11.5 Å². The van der Waals surface area contributed by atoms with E-state index in [4.69, 9.17) is 31.5 Å². The summed E-state index contributed by atoms with van der Waals surface area (Å²) in [6.07, 6.45) is -4.17. The molecule has 1 aromatic heterocycles. The molecule has 0 saturated carbocycles. The molecule has 1 fully saturated rings. The van der Waals surface area contributed by atoms with Crippen molar-refractivity contribution in [2.45, 2.75) is 64.8 Å². The zero-order valence-electron chi connectivity index (χ0n) is 17.7. The van der Waals surface area contributed by atoms with Crippen LogP contribution in [0.2, 0.25) is 0 Å². The fraction of sp³-hybridized carbons (Fsp3) is 0.632. The Labute approximate surface area is 183 Å². The van der Waals surface area contributed by atoms with Crippen molar-refractivity contribution in [3.8, 4) is 11.3 Å². The first-order chi connectivity index (χ1) is 14.4. The lowest BCUT2D eigenvalue weighted by Crippen LogP contribution is -2.51. The number of nitrogens with zero attached hydrogens (tertiary/aromatic N) is 3. The first-order valence-electron chi connectivity index (χ1n) is 9.54. The van der Waals surface area contributed by atoms with Crippen molar-refractivity contribution in [3.05, 3.63) is 16.8 Å². The Balaban J connectivity index is 2.56. The number of esters is 2. The summed E-state index contributed by atoms with van der Waals surface area (Å²) in [5.41, 5.74) is 2.24. The minimum Gasteiger partial charge on any atom is -0.460 e. The largest absolute Gasteiger partial charge is 0.460 e. The second kappa shape index (κ2) is 9.64. The highest BCUT2D eigenvalue weighted by Gasteiger charge is 2.61. The van der Waals surface area contributed by atoms with E-state index in [0.29, 0.717) is 0 Å². The van der Waals surface area contributed by atoms with Crippen LogP contribution in [0.4, 0.5) is 5.95 Å². The summed E-state index contributed by atoms with van der Waals surface area (Å²) in [4.78, 5) is 44.1. The van der Waals surface area contributed by atoms with Gasteiger partial charge in [-0.2, -0.15) is 4.98 Å². The summed E-state index contributed by atoms with van der Waals surface area (Å²) >= 11 is 5.57. The third-order valence-corrected chi connectivity index (χ3v) is 4.69. The highest BCUT2D eigenvalue weighted by Crippen LogP contribution is 2.41. The number of anilines is 1. The van der Waals surface area contributed by atoms with Crippen LogP contribution in [0.15, 0.2) is 11.1 Å². The smallest absolute Gasteiger partial charge is 0.354 e. The Morgan fingerprint density at radius 1 is 1.29 bits per heavy atom. The van der Waals surface area contributed by atoms with E-state index in [0.717, 1.165) is 10.9 Å². The first-order valence-corrected chi connectivity index (χ1v) is 9.92. The van der Waals surface area contributed by atoms with E-state index in [1.165, 1.54) is 6.92 Å². The van der Waals surface area contributed by atoms with Crippen molar-refractivity contribution in [3.63, 3.8) is 0 Å². The van der Waals surface area contributed by atoms with Crippen LogP contribution in [0, 0.1) is 23.1 Å². The van der Waals surface area contributed by atoms with Crippen LogP contribution in [0.3, 0.4) is 0 Å². The molecule has 11 nitrogen and oxygen atoms in total. The summed E-state index contributed by atoms with van der Waals surface area (Å²) in [5.74, 6) is -0.133. The van der Waals surface area contributed by atoms with E-state index in [1.54, 1.807) is 27.7 Å². The van der Waals surface area contributed by atoms with E-state index in [9.17, 15) is 19.5 Å². The van der Waals surface area contributed by atoms with Crippen molar-refractivity contribution in [2.24, 2.45) is 11.8 Å². The van der Waals surface area contributed by atoms with Gasteiger partial charge in [-0.15, -0.1) is 0 Å². The molecule has 2 heterocycles. The average molecular weight is 457 g/mol. The van der Waals surface area contributed by atoms with E-state index in [-0.39, 0.29) is 5.95 Å². The number of nitrogens with two attached hydrogens (primary N) is 1. The van der Waals surface area contributed by atoms with Gasteiger partial charge in [-0.3, -0.25) is 14.2 Å². The topological polar surface area (TPSA) is 156 Å². The summed E-state index contributed by atoms with van der Waals surface area (Å²) in [6, 6.07) is 0. The molecule has 170 valence electrons. The fourth-order valence-electron chi connectivity index (χ4n) is 2.88. The number of aromatic nitrogens is 3. The summed E-state index contributed by atoms with van der Waals surface area (Å²) < 4.78 is 17.6. The third-order valence-electron chi connectivity index (χ3n) is 4.59. The van der Waals surface area contributed by atoms with Gasteiger partial charge in [0.15, 0.2) is 12.3 Å². The molecule has 2 rings (SSSR count). The Hall–Kier alpha value is -2.68. The molecule has 0 radical (unpaired) electrons. The molecule has 1 unspecified atom stereocenters. The summed E-state index contributed by atoms with van der Waals surface area (Å²) in [7, 11) is 0. The van der Waals surface area contributed by atoms with Crippen LogP contribution in [-0.2, 0) is 23.8 Å². The fourth-order valence-corrected chi connectivity index (χ4v) is 3.03. The maximum absolute atomic E-state index is 12.4. The van der Waals surface area contributed by atoms with E-state index >= 15 is 0 Å². The SMILES string of the molecule is CC(C)C(=O)OC(C)[C@H]1O[C@@H](n2cnc(N)nc2=O)[C@@](O)(C#CCl)[C@@H]1OC(=O)C(C)C. The quantitative estimate of drug-likeness (QED) is 0.447. The van der Waals surface area contributed by atoms with E-state index < -0.39 is 59.6 Å². The Bertz CT molecular complexity index is 955. The van der Waals surface area contributed by atoms with Gasteiger partial charge in [0, 0.05) is 5.38 Å². The molecule has 0 spiro atoms. The Morgan fingerprint density at radius 3 is 2.42 bits per heavy atom. The molecule has 3 N–H and O–H groups in total. The minimum absolute atomic E-state index is 0.287. The van der Waals surface area contributed by atoms with Crippen LogP contribution >= 0.6 is 11.6 Å². The maximum atomic E-state index is 12.4. The molecule has 1 saturated heterocycles. The van der Waals surface area contributed by atoms with Gasteiger partial charge in [-0.25, -0.2) is 9.78 Å². The van der Waals surface area contributed by atoms with Crippen molar-refractivity contribution in [2.75, 3.05) is 5.73 Å². The number of ether oxygens (including phenoxy) is 3. The highest BCUT2D eigenvalue weighted by molar-refractivity contribution is 6.30. The number of rotatable bonds is 6. The molecule has 31 heavy (non-hydrogen) atoms. The van der Waals surface area contributed by atoms with Crippen LogP contribution in [0.1, 0.15) is 40.8 Å². The maximum Gasteiger partial charge on any atom is 0.354 e. The third kappa shape index (κ3) is 5.15. The molecular formula is C19H25ClN4O7. The molecule has 5 atom stereocenters. The zero-order valence-corrected chi connectivity index (χ0v) is 18.5. The minimum atomic E-state index is -2.29. The van der Waals surface area contributed by atoms with Gasteiger partial charge in [-0.05, 0) is 24.4 Å². The molecule has 0 bridgehead atoms. The van der Waals surface area contributed by atoms with Crippen LogP contribution in [-0.4, -0.2) is 55.5 Å². The first kappa shape index (κ1) is 24.6. The second-order valence-corrected chi connectivity index (χ2v) is 7.90. The second-order valence-electron chi connectivity index (χ2n) is 7.71. The Morgan fingerprint density at radius 2 is 1.90 bits per heavy atom. The van der Waals surface area contributed by atoms with Crippen molar-refractivity contribution in [1.82, 2.24) is 14.5 Å². The van der Waals surface area contributed by atoms with E-state index in [2.05, 4.69) is 15.9 Å². The number of hydrogen-bond donors (Lipinski definition) is 2. The van der Waals surface area contributed by atoms with Gasteiger partial charge in [0.25, 0.3) is 0 Å². The lowest BCUT2D eigenvalue weighted by molar-refractivity contribution is -0.172. The summed E-state index contributed by atoms with van der Waals surface area (Å²) in [6.45, 7) is 7.98. The predicted molar refractivity (Wildman–Crippen MR) is 108 cm³/mol. The van der Waals surface area contributed by atoms with Crippen molar-refractivity contribution in [1.29, 1.82) is 0 Å². The lowest BCUT2D eigenvalue weighted by Gasteiger charge is -2.30. The normalized spacial score (nSPS) is 26.3. The van der Waals surface area contributed by atoms with Crippen molar-refractivity contribution >= 4 is 29.5 Å². The van der Waals surface area contributed by atoms with Gasteiger partial charge in [0.05, 0.1) is 11.8 Å². The summed E-state index contributed by atoms with van der Waals surface area (Å²) in [5, 5.41) is 13.4. The van der Waals surface area contributed by atoms with Crippen molar-refractivity contribution < 1.29 is 28.9 Å². The number of carbonyl (C=O) groups is 2. The molecule has 0 aliphatic carbocycles. The van der Waals surface area contributed by atoms with Gasteiger partial charge in [0.1, 0.15) is 18.5 Å². The van der Waals surface area contributed by atoms with E-state index in [1.807, 2.05) is 5.38 Å². The molecule has 0 amide bonds. The monoisotopic (exact) mass is 456 g/mol. The number of aliphatic hydroxyl groups is 1. The lowest BCUT2D eigenvalue weighted by atomic mass is 9.92. The number of hydrogen-bond acceptors (Lipinski definition) is 10. The number of halogens is 1. The molecule has 1 aliphatic heterocycles. The zero-order chi connectivity index (χ0) is 23.5. The molecule has 1 aromatic rings. The predicted octanol–water partition coefficient (Wildman–Crippen LogP) is 0.204. The average Bonchev–Trinajstić information content (AvgIpc) is 2.94. The highest BCUT2D eigenvalue weighted by atomic mass is 35.5. The van der Waals surface area contributed by atoms with Crippen LogP contribution in [0.5, 0.6) is 0 Å². The molecular weight excluding hydrogens is 432 g/mol. The number of carbonyl (C=O) groups excluding carboxylic acids is 2. The van der Waals surface area contributed by atoms with Gasteiger partial charge < -0.3 is 25.1 Å². The molecule has 12 heteroatoms. The number of nitrogen functional groups attached to an aromatic ring is 1.